The van der Waals surface area contributed by atoms with Crippen LogP contribution in [0.3, 0.4) is 0 Å². The summed E-state index contributed by atoms with van der Waals surface area (Å²) in [4.78, 5) is 25.4. The molecule has 0 amide bonds. The molecular weight excluding hydrogens is 367 g/mol. The molecule has 0 aliphatic rings. The molecule has 0 aliphatic carbocycles. The largest absolute Gasteiger partial charge is 0.289 e. The molecule has 0 heterocycles. The van der Waals surface area contributed by atoms with Gasteiger partial charge in [-0.3, -0.25) is 9.59 Å². The molecule has 0 fully saturated rings. The summed E-state index contributed by atoms with van der Waals surface area (Å²) in [6.45, 7) is 3.90. The molecule has 0 unspecified atom stereocenters. The number of carbonyl (C=O) groups is 2. The molecule has 130 valence electrons. The number of carbonyl (C=O) groups excluding carboxylic acids is 2. The van der Waals surface area contributed by atoms with Crippen molar-refractivity contribution in [2.75, 3.05) is 0 Å². The van der Waals surface area contributed by atoms with Gasteiger partial charge in [0.2, 0.25) is 0 Å². The van der Waals surface area contributed by atoms with Crippen LogP contribution in [0, 0.1) is 13.8 Å². The molecular formula is C22H16Cl2O2. The molecule has 0 atom stereocenters. The van der Waals surface area contributed by atoms with E-state index in [0.717, 1.165) is 11.1 Å². The Labute approximate surface area is 162 Å². The maximum Gasteiger partial charge on any atom is 0.194 e. The van der Waals surface area contributed by atoms with Crippen molar-refractivity contribution in [2.45, 2.75) is 13.8 Å². The van der Waals surface area contributed by atoms with E-state index in [0.29, 0.717) is 11.1 Å². The van der Waals surface area contributed by atoms with Gasteiger partial charge in [0.05, 0.1) is 10.0 Å². The number of hydrogen-bond donors (Lipinski definition) is 0. The third-order valence-corrected chi connectivity index (χ3v) is 4.80. The average Bonchev–Trinajstić information content (AvgIpc) is 2.63. The summed E-state index contributed by atoms with van der Waals surface area (Å²) < 4.78 is 0. The first-order valence-electron chi connectivity index (χ1n) is 8.08. The predicted molar refractivity (Wildman–Crippen MR) is 106 cm³/mol. The maximum atomic E-state index is 12.7. The Morgan fingerprint density at radius 2 is 0.923 bits per heavy atom. The van der Waals surface area contributed by atoms with E-state index in [1.807, 2.05) is 38.1 Å². The zero-order chi connectivity index (χ0) is 18.8. The quantitative estimate of drug-likeness (QED) is 0.512. The van der Waals surface area contributed by atoms with Crippen LogP contribution in [0.15, 0.2) is 60.7 Å². The van der Waals surface area contributed by atoms with Gasteiger partial charge in [0.1, 0.15) is 0 Å². The van der Waals surface area contributed by atoms with Crippen LogP contribution < -0.4 is 0 Å². The molecule has 2 nitrogen and oxygen atoms in total. The van der Waals surface area contributed by atoms with Crippen molar-refractivity contribution in [3.8, 4) is 0 Å². The minimum atomic E-state index is -0.230. The van der Waals surface area contributed by atoms with Crippen molar-refractivity contribution in [1.82, 2.24) is 0 Å². The average molecular weight is 383 g/mol. The fourth-order valence-corrected chi connectivity index (χ4v) is 3.11. The minimum Gasteiger partial charge on any atom is -0.289 e. The van der Waals surface area contributed by atoms with Crippen molar-refractivity contribution < 1.29 is 9.59 Å². The van der Waals surface area contributed by atoms with Crippen molar-refractivity contribution in [1.29, 1.82) is 0 Å². The lowest BCUT2D eigenvalue weighted by Crippen LogP contribution is -2.07. The third kappa shape index (κ3) is 3.72. The molecule has 0 saturated carbocycles. The smallest absolute Gasteiger partial charge is 0.194 e. The molecule has 0 spiro atoms. The van der Waals surface area contributed by atoms with Gasteiger partial charge in [-0.25, -0.2) is 0 Å². The maximum absolute atomic E-state index is 12.7. The fraction of sp³-hybridized carbons (Fsp3) is 0.0909. The van der Waals surface area contributed by atoms with Crippen LogP contribution in [0.4, 0.5) is 0 Å². The zero-order valence-corrected chi connectivity index (χ0v) is 15.9. The number of halogens is 2. The van der Waals surface area contributed by atoms with Crippen molar-refractivity contribution in [3.63, 3.8) is 0 Å². The van der Waals surface area contributed by atoms with Crippen LogP contribution in [0.2, 0.25) is 10.0 Å². The summed E-state index contributed by atoms with van der Waals surface area (Å²) in [5, 5.41) is 0.408. The monoisotopic (exact) mass is 382 g/mol. The Hall–Kier alpha value is -2.42. The van der Waals surface area contributed by atoms with Gasteiger partial charge in [0.25, 0.3) is 0 Å². The van der Waals surface area contributed by atoms with E-state index in [-0.39, 0.29) is 32.7 Å². The molecule has 4 heteroatoms. The molecule has 3 aromatic rings. The number of benzene rings is 3. The molecule has 0 saturated heterocycles. The molecule has 0 N–H and O–H groups in total. The molecule has 3 aromatic carbocycles. The number of rotatable bonds is 4. The Bertz CT molecular complexity index is 905. The van der Waals surface area contributed by atoms with E-state index < -0.39 is 0 Å². The highest BCUT2D eigenvalue weighted by Gasteiger charge is 2.19. The Kier molecular flexibility index (Phi) is 5.26. The van der Waals surface area contributed by atoms with E-state index in [4.69, 9.17) is 23.2 Å². The number of aryl methyl sites for hydroxylation is 2. The van der Waals surface area contributed by atoms with E-state index >= 15 is 0 Å². The minimum absolute atomic E-state index is 0.204. The summed E-state index contributed by atoms with van der Waals surface area (Å²) in [5.41, 5.74) is 3.72. The highest BCUT2D eigenvalue weighted by molar-refractivity contribution is 6.39. The van der Waals surface area contributed by atoms with Crippen LogP contribution in [0.5, 0.6) is 0 Å². The second-order valence-corrected chi connectivity index (χ2v) is 7.02. The van der Waals surface area contributed by atoms with Crippen molar-refractivity contribution >= 4 is 34.8 Å². The van der Waals surface area contributed by atoms with Gasteiger partial charge in [-0.1, -0.05) is 82.9 Å². The lowest BCUT2D eigenvalue weighted by atomic mass is 9.97. The Balaban J connectivity index is 1.98. The van der Waals surface area contributed by atoms with Gasteiger partial charge in [0.15, 0.2) is 11.6 Å². The van der Waals surface area contributed by atoms with Crippen molar-refractivity contribution in [2.24, 2.45) is 0 Å². The summed E-state index contributed by atoms with van der Waals surface area (Å²) >= 11 is 12.6. The molecule has 0 bridgehead atoms. The van der Waals surface area contributed by atoms with Crippen LogP contribution in [-0.4, -0.2) is 11.6 Å². The van der Waals surface area contributed by atoms with Crippen LogP contribution in [-0.2, 0) is 0 Å². The molecule has 26 heavy (non-hydrogen) atoms. The molecule has 3 rings (SSSR count). The summed E-state index contributed by atoms with van der Waals surface area (Å²) in [5.74, 6) is -0.461. The first-order valence-corrected chi connectivity index (χ1v) is 8.84. The van der Waals surface area contributed by atoms with Crippen LogP contribution in [0.1, 0.15) is 43.0 Å². The normalized spacial score (nSPS) is 10.6. The molecule has 0 radical (unpaired) electrons. The summed E-state index contributed by atoms with van der Waals surface area (Å²) in [6.07, 6.45) is 0. The fourth-order valence-electron chi connectivity index (χ4n) is 2.62. The summed E-state index contributed by atoms with van der Waals surface area (Å²) in [7, 11) is 0. The Morgan fingerprint density at radius 1 is 0.615 bits per heavy atom. The van der Waals surface area contributed by atoms with E-state index in [1.165, 1.54) is 12.1 Å². The highest BCUT2D eigenvalue weighted by atomic mass is 35.5. The molecule has 0 aromatic heterocycles. The first-order chi connectivity index (χ1) is 12.4. The van der Waals surface area contributed by atoms with Gasteiger partial charge < -0.3 is 0 Å². The van der Waals surface area contributed by atoms with Gasteiger partial charge >= 0.3 is 0 Å². The SMILES string of the molecule is Cc1ccc(C(=O)c2cc(Cl)c(C(=O)c3ccc(C)cc3)cc2Cl)cc1. The van der Waals surface area contributed by atoms with Gasteiger partial charge in [-0.15, -0.1) is 0 Å². The van der Waals surface area contributed by atoms with E-state index in [1.54, 1.807) is 24.3 Å². The van der Waals surface area contributed by atoms with Gasteiger partial charge in [0, 0.05) is 22.3 Å². The Morgan fingerprint density at radius 3 is 1.23 bits per heavy atom. The highest BCUT2D eigenvalue weighted by Crippen LogP contribution is 2.29. The second-order valence-electron chi connectivity index (χ2n) is 6.20. The molecule has 0 aliphatic heterocycles. The lowest BCUT2D eigenvalue weighted by molar-refractivity contribution is 0.102. The predicted octanol–water partition coefficient (Wildman–Crippen LogP) is 6.07. The van der Waals surface area contributed by atoms with Crippen LogP contribution in [0.25, 0.3) is 0 Å². The topological polar surface area (TPSA) is 34.1 Å². The zero-order valence-electron chi connectivity index (χ0n) is 14.3. The van der Waals surface area contributed by atoms with E-state index in [9.17, 15) is 9.59 Å². The van der Waals surface area contributed by atoms with Crippen molar-refractivity contribution in [3.05, 3.63) is 104 Å². The standard InChI is InChI=1S/C22H16Cl2O2/c1-13-3-7-15(8-4-13)21(25)17-11-20(24)18(12-19(17)23)22(26)16-9-5-14(2)6-10-16/h3-12H,1-2H3. The second kappa shape index (κ2) is 7.45. The number of ketones is 2. The number of hydrogen-bond acceptors (Lipinski definition) is 2. The third-order valence-electron chi connectivity index (χ3n) is 4.17. The van der Waals surface area contributed by atoms with Gasteiger partial charge in [-0.05, 0) is 26.0 Å². The van der Waals surface area contributed by atoms with Gasteiger partial charge in [-0.2, -0.15) is 0 Å². The summed E-state index contributed by atoms with van der Waals surface area (Å²) in [6, 6.07) is 17.3. The van der Waals surface area contributed by atoms with Crippen LogP contribution >= 0.6 is 23.2 Å². The first kappa shape index (κ1) is 18.4. The lowest BCUT2D eigenvalue weighted by Gasteiger charge is -2.09. The van der Waals surface area contributed by atoms with E-state index in [2.05, 4.69) is 0 Å².